The summed E-state index contributed by atoms with van der Waals surface area (Å²) in [7, 11) is 0. The average molecular weight is 374 g/mol. The van der Waals surface area contributed by atoms with Crippen molar-refractivity contribution in [2.75, 3.05) is 26.2 Å². The third-order valence-corrected chi connectivity index (χ3v) is 6.41. The lowest BCUT2D eigenvalue weighted by atomic mass is 10.0. The van der Waals surface area contributed by atoms with E-state index in [-0.39, 0.29) is 0 Å². The van der Waals surface area contributed by atoms with Crippen molar-refractivity contribution in [1.29, 1.82) is 0 Å². The van der Waals surface area contributed by atoms with Gasteiger partial charge in [-0.25, -0.2) is 0 Å². The van der Waals surface area contributed by atoms with Gasteiger partial charge in [-0.05, 0) is 34.9 Å². The molecule has 4 nitrogen and oxygen atoms in total. The number of benzene rings is 2. The summed E-state index contributed by atoms with van der Waals surface area (Å²) < 4.78 is 2.20. The van der Waals surface area contributed by atoms with E-state index in [4.69, 9.17) is 0 Å². The van der Waals surface area contributed by atoms with Gasteiger partial charge in [-0.2, -0.15) is 0 Å². The molecule has 144 valence electrons. The van der Waals surface area contributed by atoms with Crippen LogP contribution in [-0.4, -0.2) is 46.5 Å². The molecule has 2 fully saturated rings. The number of likely N-dealkylation sites (tertiary alicyclic amines) is 2. The van der Waals surface area contributed by atoms with Crippen LogP contribution in [0.15, 0.2) is 66.9 Å². The molecule has 1 aromatic heterocycles. The quantitative estimate of drug-likeness (QED) is 0.683. The molecule has 2 aliphatic heterocycles. The maximum atomic E-state index is 12.8. The van der Waals surface area contributed by atoms with Crippen LogP contribution in [0.4, 0.5) is 0 Å². The SMILES string of the molecule is O=C(CCn1ccc2ccccc21)N1C[C@H]2CN(Cc3ccccc3)C[C@H]2C1. The number of aryl methyl sites for hydroxylation is 1. The Morgan fingerprint density at radius 2 is 1.57 bits per heavy atom. The Kier molecular flexibility index (Phi) is 4.65. The summed E-state index contributed by atoms with van der Waals surface area (Å²) in [5, 5.41) is 1.24. The lowest BCUT2D eigenvalue weighted by molar-refractivity contribution is -0.130. The van der Waals surface area contributed by atoms with Crippen LogP contribution >= 0.6 is 0 Å². The van der Waals surface area contributed by atoms with E-state index in [2.05, 4.69) is 81.2 Å². The normalized spacial score (nSPS) is 22.1. The molecule has 0 radical (unpaired) electrons. The molecule has 0 unspecified atom stereocenters. The van der Waals surface area contributed by atoms with Crippen molar-refractivity contribution < 1.29 is 4.79 Å². The van der Waals surface area contributed by atoms with Crippen LogP contribution in [-0.2, 0) is 17.9 Å². The Hall–Kier alpha value is -2.59. The van der Waals surface area contributed by atoms with E-state index >= 15 is 0 Å². The molecule has 2 aromatic carbocycles. The Morgan fingerprint density at radius 1 is 0.857 bits per heavy atom. The minimum atomic E-state index is 0.307. The van der Waals surface area contributed by atoms with Crippen molar-refractivity contribution in [1.82, 2.24) is 14.4 Å². The third kappa shape index (κ3) is 3.45. The molecular weight excluding hydrogens is 346 g/mol. The van der Waals surface area contributed by atoms with Crippen LogP contribution in [0.2, 0.25) is 0 Å². The van der Waals surface area contributed by atoms with Crippen LogP contribution in [0.1, 0.15) is 12.0 Å². The zero-order chi connectivity index (χ0) is 18.9. The zero-order valence-corrected chi connectivity index (χ0v) is 16.2. The molecule has 3 heterocycles. The van der Waals surface area contributed by atoms with Gasteiger partial charge < -0.3 is 9.47 Å². The van der Waals surface area contributed by atoms with E-state index < -0.39 is 0 Å². The summed E-state index contributed by atoms with van der Waals surface area (Å²) in [5.41, 5.74) is 2.60. The van der Waals surface area contributed by atoms with Gasteiger partial charge in [0.05, 0.1) is 0 Å². The van der Waals surface area contributed by atoms with Crippen molar-refractivity contribution in [3.63, 3.8) is 0 Å². The van der Waals surface area contributed by atoms with E-state index in [0.29, 0.717) is 24.2 Å². The molecule has 0 aliphatic carbocycles. The Balaban J connectivity index is 1.14. The predicted octanol–water partition coefficient (Wildman–Crippen LogP) is 3.62. The minimum Gasteiger partial charge on any atom is -0.347 e. The molecule has 28 heavy (non-hydrogen) atoms. The molecule has 0 saturated carbocycles. The van der Waals surface area contributed by atoms with E-state index in [1.807, 2.05) is 0 Å². The molecule has 0 bridgehead atoms. The molecule has 2 atom stereocenters. The first kappa shape index (κ1) is 17.5. The van der Waals surface area contributed by atoms with Crippen LogP contribution in [0.3, 0.4) is 0 Å². The average Bonchev–Trinajstić information content (AvgIpc) is 3.40. The largest absolute Gasteiger partial charge is 0.347 e. The van der Waals surface area contributed by atoms with E-state index in [0.717, 1.165) is 39.3 Å². The summed E-state index contributed by atoms with van der Waals surface area (Å²) in [5.74, 6) is 1.59. The number of para-hydroxylation sites is 1. The van der Waals surface area contributed by atoms with Gasteiger partial charge in [0.2, 0.25) is 5.91 Å². The van der Waals surface area contributed by atoms with Gasteiger partial charge >= 0.3 is 0 Å². The monoisotopic (exact) mass is 373 g/mol. The van der Waals surface area contributed by atoms with Crippen molar-refractivity contribution in [3.8, 4) is 0 Å². The lowest BCUT2D eigenvalue weighted by Gasteiger charge is -2.22. The Morgan fingerprint density at radius 3 is 2.36 bits per heavy atom. The number of rotatable bonds is 5. The van der Waals surface area contributed by atoms with Crippen molar-refractivity contribution in [3.05, 3.63) is 72.4 Å². The number of aromatic nitrogens is 1. The van der Waals surface area contributed by atoms with Gasteiger partial charge in [0.1, 0.15) is 0 Å². The van der Waals surface area contributed by atoms with Crippen LogP contribution in [0.5, 0.6) is 0 Å². The highest BCUT2D eigenvalue weighted by Crippen LogP contribution is 2.32. The first-order valence-electron chi connectivity index (χ1n) is 10.3. The maximum Gasteiger partial charge on any atom is 0.224 e. The van der Waals surface area contributed by atoms with Crippen LogP contribution in [0, 0.1) is 11.8 Å². The smallest absolute Gasteiger partial charge is 0.224 e. The molecule has 2 aliphatic rings. The van der Waals surface area contributed by atoms with E-state index in [1.54, 1.807) is 0 Å². The van der Waals surface area contributed by atoms with Gasteiger partial charge in [-0.1, -0.05) is 48.5 Å². The van der Waals surface area contributed by atoms with Crippen molar-refractivity contribution >= 4 is 16.8 Å². The molecular formula is C24H27N3O. The lowest BCUT2D eigenvalue weighted by Crippen LogP contribution is -2.33. The van der Waals surface area contributed by atoms with Gasteiger partial charge in [0.15, 0.2) is 0 Å². The molecule has 2 saturated heterocycles. The maximum absolute atomic E-state index is 12.8. The first-order valence-corrected chi connectivity index (χ1v) is 10.3. The van der Waals surface area contributed by atoms with Gasteiger partial charge in [-0.3, -0.25) is 9.69 Å². The fraction of sp³-hybridized carbons (Fsp3) is 0.375. The molecule has 3 aromatic rings. The predicted molar refractivity (Wildman–Crippen MR) is 112 cm³/mol. The first-order chi connectivity index (χ1) is 13.8. The fourth-order valence-electron chi connectivity index (χ4n) is 4.97. The minimum absolute atomic E-state index is 0.307. The highest BCUT2D eigenvalue weighted by molar-refractivity contribution is 5.80. The molecule has 1 amide bonds. The summed E-state index contributed by atoms with van der Waals surface area (Å²) in [4.78, 5) is 17.4. The number of carbonyl (C=O) groups is 1. The Bertz CT molecular complexity index is 950. The van der Waals surface area contributed by atoms with Crippen LogP contribution < -0.4 is 0 Å². The highest BCUT2D eigenvalue weighted by atomic mass is 16.2. The molecule has 0 spiro atoms. The number of hydrogen-bond acceptors (Lipinski definition) is 2. The second-order valence-corrected chi connectivity index (χ2v) is 8.32. The summed E-state index contributed by atoms with van der Waals surface area (Å²) in [6, 6.07) is 21.2. The number of carbonyl (C=O) groups excluding carboxylic acids is 1. The topological polar surface area (TPSA) is 28.5 Å². The summed E-state index contributed by atoms with van der Waals surface area (Å²) in [6.45, 7) is 5.89. The zero-order valence-electron chi connectivity index (χ0n) is 16.2. The second-order valence-electron chi connectivity index (χ2n) is 8.32. The number of amides is 1. The number of fused-ring (bicyclic) bond motifs is 2. The van der Waals surface area contributed by atoms with E-state index in [1.165, 1.54) is 16.5 Å². The summed E-state index contributed by atoms with van der Waals surface area (Å²) >= 11 is 0. The molecule has 0 N–H and O–H groups in total. The number of hydrogen-bond donors (Lipinski definition) is 0. The number of nitrogens with zero attached hydrogens (tertiary/aromatic N) is 3. The standard InChI is InChI=1S/C24H27N3O/c28-24(11-13-26-12-10-20-8-4-5-9-23(20)26)27-17-21-15-25(16-22(21)18-27)14-19-6-2-1-3-7-19/h1-10,12,21-22H,11,13-18H2/t21-,22+. The van der Waals surface area contributed by atoms with Crippen molar-refractivity contribution in [2.24, 2.45) is 11.8 Å². The molecule has 4 heteroatoms. The summed E-state index contributed by atoms with van der Waals surface area (Å²) in [6.07, 6.45) is 2.68. The van der Waals surface area contributed by atoms with Gasteiger partial charge in [-0.15, -0.1) is 0 Å². The highest BCUT2D eigenvalue weighted by Gasteiger charge is 2.41. The van der Waals surface area contributed by atoms with Gasteiger partial charge in [0.25, 0.3) is 0 Å². The van der Waals surface area contributed by atoms with Gasteiger partial charge in [0, 0.05) is 57.4 Å². The molecule has 5 rings (SSSR count). The van der Waals surface area contributed by atoms with Crippen LogP contribution in [0.25, 0.3) is 10.9 Å². The Labute approximate surface area is 166 Å². The second kappa shape index (κ2) is 7.44. The fourth-order valence-corrected chi connectivity index (χ4v) is 4.97. The van der Waals surface area contributed by atoms with Crippen molar-refractivity contribution in [2.45, 2.75) is 19.5 Å². The third-order valence-electron chi connectivity index (χ3n) is 6.41. The van der Waals surface area contributed by atoms with E-state index in [9.17, 15) is 4.79 Å².